The summed E-state index contributed by atoms with van der Waals surface area (Å²) in [7, 11) is 0. The smallest absolute Gasteiger partial charge is 0.111 e. The summed E-state index contributed by atoms with van der Waals surface area (Å²) in [6, 6.07) is 6.69. The first-order valence-corrected chi connectivity index (χ1v) is 8.67. The first kappa shape index (κ1) is 15.3. The van der Waals surface area contributed by atoms with Gasteiger partial charge in [-0.25, -0.2) is 4.98 Å². The molecule has 0 bridgehead atoms. The molecular formula is C19H23N5. The number of H-pyrrole nitrogens is 1. The Morgan fingerprint density at radius 3 is 3.04 bits per heavy atom. The van der Waals surface area contributed by atoms with Gasteiger partial charge < -0.3 is 4.98 Å². The van der Waals surface area contributed by atoms with Crippen LogP contribution in [0.25, 0.3) is 11.0 Å². The van der Waals surface area contributed by atoms with E-state index in [0.717, 1.165) is 35.6 Å². The molecule has 0 unspecified atom stereocenters. The number of nitrogens with one attached hydrogen (secondary N) is 1. The number of hydrogen-bond donors (Lipinski definition) is 1. The third-order valence-corrected chi connectivity index (χ3v) is 5.05. The predicted octanol–water partition coefficient (Wildman–Crippen LogP) is 3.60. The number of aromatic amines is 1. The fourth-order valence-corrected chi connectivity index (χ4v) is 3.63. The van der Waals surface area contributed by atoms with Crippen molar-refractivity contribution >= 4 is 11.0 Å². The lowest BCUT2D eigenvalue weighted by Crippen LogP contribution is -2.37. The molecule has 0 radical (unpaired) electrons. The number of hydrogen-bond acceptors (Lipinski definition) is 4. The number of benzene rings is 1. The third-order valence-electron chi connectivity index (χ3n) is 5.05. The number of aryl methyl sites for hydroxylation is 1. The molecule has 124 valence electrons. The number of rotatable bonds is 3. The Morgan fingerprint density at radius 1 is 1.29 bits per heavy atom. The number of piperidine rings is 1. The summed E-state index contributed by atoms with van der Waals surface area (Å²) in [6.07, 6.45) is 7.74. The minimum absolute atomic E-state index is 0.285. The molecule has 4 rings (SSSR count). The maximum absolute atomic E-state index is 4.83. The van der Waals surface area contributed by atoms with Crippen molar-refractivity contribution in [1.82, 2.24) is 24.8 Å². The molecule has 5 nitrogen and oxygen atoms in total. The molecule has 1 aromatic carbocycles. The van der Waals surface area contributed by atoms with Crippen LogP contribution >= 0.6 is 0 Å². The van der Waals surface area contributed by atoms with Crippen molar-refractivity contribution in [2.75, 3.05) is 13.1 Å². The number of likely N-dealkylation sites (tertiary alicyclic amines) is 1. The Morgan fingerprint density at radius 2 is 2.21 bits per heavy atom. The largest absolute Gasteiger partial charge is 0.342 e. The quantitative estimate of drug-likeness (QED) is 0.801. The molecule has 3 heterocycles. The van der Waals surface area contributed by atoms with Gasteiger partial charge in [-0.15, -0.1) is 0 Å². The average Bonchev–Trinajstić information content (AvgIpc) is 3.05. The zero-order valence-electron chi connectivity index (χ0n) is 14.2. The van der Waals surface area contributed by atoms with Crippen LogP contribution in [-0.2, 0) is 0 Å². The molecule has 1 aliphatic heterocycles. The van der Waals surface area contributed by atoms with Crippen LogP contribution in [0.15, 0.2) is 36.8 Å². The maximum Gasteiger partial charge on any atom is 0.111 e. The number of imidazole rings is 1. The van der Waals surface area contributed by atoms with Crippen molar-refractivity contribution in [3.63, 3.8) is 0 Å². The van der Waals surface area contributed by atoms with Crippen LogP contribution in [0, 0.1) is 6.92 Å². The summed E-state index contributed by atoms with van der Waals surface area (Å²) in [5.41, 5.74) is 4.51. The summed E-state index contributed by atoms with van der Waals surface area (Å²) < 4.78 is 0. The summed E-state index contributed by atoms with van der Waals surface area (Å²) in [5, 5.41) is 0. The predicted molar refractivity (Wildman–Crippen MR) is 94.8 cm³/mol. The SMILES string of the molecule is Cc1ccc2nc([C@@H]3CCCN([C@H](C)c4cnccn4)C3)[nH]c2c1. The molecule has 3 aromatic rings. The van der Waals surface area contributed by atoms with Crippen LogP contribution in [0.3, 0.4) is 0 Å². The van der Waals surface area contributed by atoms with E-state index in [2.05, 4.69) is 51.9 Å². The Bertz CT molecular complexity index is 826. The van der Waals surface area contributed by atoms with E-state index in [0.29, 0.717) is 5.92 Å². The Labute approximate surface area is 142 Å². The Kier molecular flexibility index (Phi) is 4.02. The molecule has 1 saturated heterocycles. The van der Waals surface area contributed by atoms with E-state index >= 15 is 0 Å². The zero-order chi connectivity index (χ0) is 16.5. The molecule has 1 N–H and O–H groups in total. The van der Waals surface area contributed by atoms with E-state index in [9.17, 15) is 0 Å². The Hall–Kier alpha value is -2.27. The summed E-state index contributed by atoms with van der Waals surface area (Å²) >= 11 is 0. The fraction of sp³-hybridized carbons (Fsp3) is 0.421. The van der Waals surface area contributed by atoms with Gasteiger partial charge in [0.15, 0.2) is 0 Å². The lowest BCUT2D eigenvalue weighted by Gasteiger charge is -2.35. The topological polar surface area (TPSA) is 57.7 Å². The van der Waals surface area contributed by atoms with Crippen LogP contribution in [0.1, 0.15) is 48.8 Å². The van der Waals surface area contributed by atoms with Gasteiger partial charge in [0.25, 0.3) is 0 Å². The van der Waals surface area contributed by atoms with Gasteiger partial charge in [0.05, 0.1) is 22.8 Å². The van der Waals surface area contributed by atoms with Crippen LogP contribution in [0.5, 0.6) is 0 Å². The molecule has 2 atom stereocenters. The van der Waals surface area contributed by atoms with Crippen LogP contribution in [-0.4, -0.2) is 37.9 Å². The van der Waals surface area contributed by atoms with Gasteiger partial charge in [-0.1, -0.05) is 6.07 Å². The van der Waals surface area contributed by atoms with Crippen molar-refractivity contribution in [3.8, 4) is 0 Å². The van der Waals surface area contributed by atoms with E-state index in [4.69, 9.17) is 4.98 Å². The van der Waals surface area contributed by atoms with Gasteiger partial charge in [0, 0.05) is 31.1 Å². The van der Waals surface area contributed by atoms with Gasteiger partial charge in [0.2, 0.25) is 0 Å². The number of nitrogens with zero attached hydrogens (tertiary/aromatic N) is 4. The molecule has 1 aliphatic rings. The minimum atomic E-state index is 0.285. The lowest BCUT2D eigenvalue weighted by atomic mass is 9.96. The van der Waals surface area contributed by atoms with Crippen molar-refractivity contribution < 1.29 is 0 Å². The fourth-order valence-electron chi connectivity index (χ4n) is 3.63. The molecule has 0 amide bonds. The normalized spacial score (nSPS) is 20.3. The standard InChI is InChI=1S/C19H23N5/c1-13-5-6-16-17(10-13)23-19(22-16)15-4-3-9-24(12-15)14(2)18-11-20-7-8-21-18/h5-8,10-11,14-15H,3-4,9,12H2,1-2H3,(H,22,23)/t14-,15-/m1/s1. The third kappa shape index (κ3) is 2.91. The van der Waals surface area contributed by atoms with Gasteiger partial charge >= 0.3 is 0 Å². The van der Waals surface area contributed by atoms with E-state index in [1.807, 2.05) is 6.20 Å². The monoisotopic (exact) mass is 321 g/mol. The number of aromatic nitrogens is 4. The first-order chi connectivity index (χ1) is 11.7. The van der Waals surface area contributed by atoms with Gasteiger partial charge in [0.1, 0.15) is 5.82 Å². The lowest BCUT2D eigenvalue weighted by molar-refractivity contribution is 0.153. The highest BCUT2D eigenvalue weighted by Crippen LogP contribution is 2.31. The Balaban J connectivity index is 1.55. The van der Waals surface area contributed by atoms with Gasteiger partial charge in [-0.05, 0) is 50.9 Å². The van der Waals surface area contributed by atoms with E-state index < -0.39 is 0 Å². The highest BCUT2D eigenvalue weighted by atomic mass is 15.2. The molecule has 24 heavy (non-hydrogen) atoms. The van der Waals surface area contributed by atoms with Crippen LogP contribution in [0.2, 0.25) is 0 Å². The highest BCUT2D eigenvalue weighted by molar-refractivity contribution is 5.75. The van der Waals surface area contributed by atoms with E-state index in [1.165, 1.54) is 18.4 Å². The minimum Gasteiger partial charge on any atom is -0.342 e. The van der Waals surface area contributed by atoms with Gasteiger partial charge in [-0.2, -0.15) is 0 Å². The summed E-state index contributed by atoms with van der Waals surface area (Å²) in [4.78, 5) is 19.5. The molecule has 0 aliphatic carbocycles. The highest BCUT2D eigenvalue weighted by Gasteiger charge is 2.27. The van der Waals surface area contributed by atoms with Crippen molar-refractivity contribution in [2.24, 2.45) is 0 Å². The van der Waals surface area contributed by atoms with E-state index in [-0.39, 0.29) is 6.04 Å². The molecule has 5 heteroatoms. The van der Waals surface area contributed by atoms with Crippen LogP contribution in [0.4, 0.5) is 0 Å². The summed E-state index contributed by atoms with van der Waals surface area (Å²) in [6.45, 7) is 6.45. The summed E-state index contributed by atoms with van der Waals surface area (Å²) in [5.74, 6) is 1.57. The number of fused-ring (bicyclic) bond motifs is 1. The van der Waals surface area contributed by atoms with Gasteiger partial charge in [-0.3, -0.25) is 14.9 Å². The second-order valence-electron chi connectivity index (χ2n) is 6.78. The zero-order valence-corrected chi connectivity index (χ0v) is 14.2. The second-order valence-corrected chi connectivity index (χ2v) is 6.78. The van der Waals surface area contributed by atoms with Crippen molar-refractivity contribution in [1.29, 1.82) is 0 Å². The van der Waals surface area contributed by atoms with Crippen molar-refractivity contribution in [2.45, 2.75) is 38.6 Å². The molecular weight excluding hydrogens is 298 g/mol. The first-order valence-electron chi connectivity index (χ1n) is 8.67. The molecule has 1 fully saturated rings. The van der Waals surface area contributed by atoms with E-state index in [1.54, 1.807) is 12.4 Å². The second kappa shape index (κ2) is 6.32. The molecule has 0 saturated carbocycles. The maximum atomic E-state index is 4.83. The molecule has 2 aromatic heterocycles. The average molecular weight is 321 g/mol. The van der Waals surface area contributed by atoms with Crippen molar-refractivity contribution in [3.05, 3.63) is 53.9 Å². The molecule has 0 spiro atoms. The van der Waals surface area contributed by atoms with Crippen LogP contribution < -0.4 is 0 Å².